The fourth-order valence-electron chi connectivity index (χ4n) is 2.91. The number of ether oxygens (including phenoxy) is 1. The second-order valence-corrected chi connectivity index (χ2v) is 8.26. The lowest BCUT2D eigenvalue weighted by molar-refractivity contribution is 0.415. The lowest BCUT2D eigenvalue weighted by atomic mass is 10.2. The molecule has 0 saturated heterocycles. The van der Waals surface area contributed by atoms with Crippen molar-refractivity contribution >= 4 is 16.0 Å². The van der Waals surface area contributed by atoms with Crippen LogP contribution in [0.4, 0.5) is 5.95 Å². The van der Waals surface area contributed by atoms with E-state index in [1.165, 1.54) is 12.1 Å². The number of benzene rings is 3. The van der Waals surface area contributed by atoms with Crippen LogP contribution in [0.2, 0.25) is 0 Å². The molecule has 0 aliphatic rings. The van der Waals surface area contributed by atoms with Crippen molar-refractivity contribution in [3.05, 3.63) is 90.5 Å². The summed E-state index contributed by atoms with van der Waals surface area (Å²) in [5.74, 6) is 1.14. The SMILES string of the molecule is COc1ccc(-c2nc(NCc3ccccc3)n(S(=O)(=O)c3ccccc3)n2)cc1. The zero-order valence-corrected chi connectivity index (χ0v) is 17.1. The molecular formula is C22H20N4O3S. The molecule has 0 aliphatic heterocycles. The van der Waals surface area contributed by atoms with E-state index in [0.717, 1.165) is 9.65 Å². The summed E-state index contributed by atoms with van der Waals surface area (Å²) in [6.07, 6.45) is 0. The highest BCUT2D eigenvalue weighted by atomic mass is 32.2. The first kappa shape index (κ1) is 19.7. The number of hydrogen-bond acceptors (Lipinski definition) is 6. The highest BCUT2D eigenvalue weighted by molar-refractivity contribution is 7.90. The second kappa shape index (κ2) is 8.38. The minimum absolute atomic E-state index is 0.138. The van der Waals surface area contributed by atoms with E-state index < -0.39 is 10.0 Å². The van der Waals surface area contributed by atoms with E-state index >= 15 is 0 Å². The van der Waals surface area contributed by atoms with Crippen LogP contribution in [0, 0.1) is 0 Å². The van der Waals surface area contributed by atoms with E-state index in [2.05, 4.69) is 15.4 Å². The lowest BCUT2D eigenvalue weighted by Gasteiger charge is -2.09. The van der Waals surface area contributed by atoms with Gasteiger partial charge in [0, 0.05) is 12.1 Å². The van der Waals surface area contributed by atoms with Crippen molar-refractivity contribution in [1.29, 1.82) is 0 Å². The molecule has 3 aromatic carbocycles. The van der Waals surface area contributed by atoms with E-state index in [9.17, 15) is 8.42 Å². The average molecular weight is 420 g/mol. The molecule has 152 valence electrons. The zero-order valence-electron chi connectivity index (χ0n) is 16.3. The van der Waals surface area contributed by atoms with E-state index in [1.807, 2.05) is 30.3 Å². The molecule has 4 rings (SSSR count). The molecular weight excluding hydrogens is 400 g/mol. The molecule has 1 heterocycles. The van der Waals surface area contributed by atoms with Gasteiger partial charge in [-0.1, -0.05) is 48.5 Å². The van der Waals surface area contributed by atoms with Crippen molar-refractivity contribution in [1.82, 2.24) is 14.2 Å². The van der Waals surface area contributed by atoms with Gasteiger partial charge in [0.2, 0.25) is 5.95 Å². The van der Waals surface area contributed by atoms with Crippen LogP contribution in [-0.2, 0) is 16.6 Å². The van der Waals surface area contributed by atoms with Gasteiger partial charge in [-0.15, -0.1) is 9.19 Å². The Morgan fingerprint density at radius 2 is 1.53 bits per heavy atom. The first-order valence-electron chi connectivity index (χ1n) is 9.28. The quantitative estimate of drug-likeness (QED) is 0.489. The maximum Gasteiger partial charge on any atom is 0.286 e. The van der Waals surface area contributed by atoms with Crippen LogP contribution >= 0.6 is 0 Å². The van der Waals surface area contributed by atoms with Gasteiger partial charge in [0.05, 0.1) is 12.0 Å². The van der Waals surface area contributed by atoms with Crippen LogP contribution in [0.15, 0.2) is 89.8 Å². The number of anilines is 1. The van der Waals surface area contributed by atoms with Crippen molar-refractivity contribution in [2.75, 3.05) is 12.4 Å². The molecule has 8 heteroatoms. The highest BCUT2D eigenvalue weighted by Crippen LogP contribution is 2.24. The van der Waals surface area contributed by atoms with Gasteiger partial charge in [-0.25, -0.2) is 0 Å². The summed E-state index contributed by atoms with van der Waals surface area (Å²) in [6, 6.07) is 25.0. The zero-order chi connectivity index (χ0) is 21.0. The van der Waals surface area contributed by atoms with Crippen LogP contribution in [-0.4, -0.2) is 29.7 Å². The minimum atomic E-state index is -3.92. The molecule has 0 atom stereocenters. The number of nitrogens with one attached hydrogen (secondary N) is 1. The van der Waals surface area contributed by atoms with Crippen LogP contribution in [0.3, 0.4) is 0 Å². The van der Waals surface area contributed by atoms with Gasteiger partial charge < -0.3 is 10.1 Å². The first-order valence-corrected chi connectivity index (χ1v) is 10.7. The normalized spacial score (nSPS) is 11.2. The van der Waals surface area contributed by atoms with Gasteiger partial charge in [0.1, 0.15) is 5.75 Å². The van der Waals surface area contributed by atoms with Gasteiger partial charge in [-0.05, 0) is 42.0 Å². The molecule has 1 N–H and O–H groups in total. The van der Waals surface area contributed by atoms with E-state index in [-0.39, 0.29) is 10.8 Å². The van der Waals surface area contributed by atoms with Crippen LogP contribution < -0.4 is 10.1 Å². The molecule has 0 bridgehead atoms. The largest absolute Gasteiger partial charge is 0.497 e. The molecule has 0 fully saturated rings. The van der Waals surface area contributed by atoms with Crippen LogP contribution in [0.25, 0.3) is 11.4 Å². The number of rotatable bonds is 7. The maximum absolute atomic E-state index is 13.2. The van der Waals surface area contributed by atoms with Crippen LogP contribution in [0.1, 0.15) is 5.56 Å². The summed E-state index contributed by atoms with van der Waals surface area (Å²) >= 11 is 0. The molecule has 30 heavy (non-hydrogen) atoms. The summed E-state index contributed by atoms with van der Waals surface area (Å²) in [5.41, 5.74) is 1.68. The predicted octanol–water partition coefficient (Wildman–Crippen LogP) is 3.80. The van der Waals surface area contributed by atoms with Crippen molar-refractivity contribution < 1.29 is 13.2 Å². The Morgan fingerprint density at radius 1 is 0.900 bits per heavy atom. The molecule has 0 amide bonds. The monoisotopic (exact) mass is 420 g/mol. The molecule has 1 aromatic heterocycles. The van der Waals surface area contributed by atoms with Crippen molar-refractivity contribution in [3.63, 3.8) is 0 Å². The summed E-state index contributed by atoms with van der Waals surface area (Å²) in [5, 5.41) is 7.41. The highest BCUT2D eigenvalue weighted by Gasteiger charge is 2.24. The number of nitrogens with zero attached hydrogens (tertiary/aromatic N) is 3. The topological polar surface area (TPSA) is 86.1 Å². The molecule has 0 radical (unpaired) electrons. The Hall–Kier alpha value is -3.65. The van der Waals surface area contributed by atoms with Crippen molar-refractivity contribution in [3.8, 4) is 17.1 Å². The Bertz CT molecular complexity index is 1220. The molecule has 0 saturated carbocycles. The molecule has 4 aromatic rings. The third-order valence-corrected chi connectivity index (χ3v) is 6.07. The fourth-order valence-corrected chi connectivity index (χ4v) is 4.12. The second-order valence-electron chi connectivity index (χ2n) is 6.49. The maximum atomic E-state index is 13.2. The molecule has 7 nitrogen and oxygen atoms in total. The smallest absolute Gasteiger partial charge is 0.286 e. The summed E-state index contributed by atoms with van der Waals surface area (Å²) in [4.78, 5) is 4.60. The van der Waals surface area contributed by atoms with E-state index in [0.29, 0.717) is 23.7 Å². The summed E-state index contributed by atoms with van der Waals surface area (Å²) in [6.45, 7) is 0.409. The van der Waals surface area contributed by atoms with Crippen LogP contribution in [0.5, 0.6) is 5.75 Å². The number of methoxy groups -OCH3 is 1. The fraction of sp³-hybridized carbons (Fsp3) is 0.0909. The van der Waals surface area contributed by atoms with Gasteiger partial charge >= 0.3 is 0 Å². The third kappa shape index (κ3) is 4.04. The molecule has 0 unspecified atom stereocenters. The van der Waals surface area contributed by atoms with E-state index in [4.69, 9.17) is 4.74 Å². The van der Waals surface area contributed by atoms with Gasteiger partial charge in [-0.2, -0.15) is 13.4 Å². The molecule has 0 aliphatic carbocycles. The first-order chi connectivity index (χ1) is 14.6. The summed E-state index contributed by atoms with van der Waals surface area (Å²) in [7, 11) is -2.33. The lowest BCUT2D eigenvalue weighted by Crippen LogP contribution is -2.18. The van der Waals surface area contributed by atoms with Crippen molar-refractivity contribution in [2.24, 2.45) is 0 Å². The third-order valence-electron chi connectivity index (χ3n) is 4.49. The summed E-state index contributed by atoms with van der Waals surface area (Å²) < 4.78 is 32.6. The predicted molar refractivity (Wildman–Crippen MR) is 115 cm³/mol. The minimum Gasteiger partial charge on any atom is -0.497 e. The van der Waals surface area contributed by atoms with E-state index in [1.54, 1.807) is 49.6 Å². The van der Waals surface area contributed by atoms with Gasteiger partial charge in [0.25, 0.3) is 10.0 Å². The number of hydrogen-bond donors (Lipinski definition) is 1. The average Bonchev–Trinajstić information content (AvgIpc) is 3.24. The van der Waals surface area contributed by atoms with Gasteiger partial charge in [0.15, 0.2) is 5.82 Å². The van der Waals surface area contributed by atoms with Gasteiger partial charge in [-0.3, -0.25) is 0 Å². The Kier molecular flexibility index (Phi) is 5.49. The number of aromatic nitrogens is 3. The van der Waals surface area contributed by atoms with Crippen molar-refractivity contribution in [2.45, 2.75) is 11.4 Å². The Labute approximate surface area is 175 Å². The Morgan fingerprint density at radius 3 is 2.17 bits per heavy atom. The molecule has 0 spiro atoms. The Balaban J connectivity index is 1.75. The standard InChI is InChI=1S/C22H20N4O3S/c1-29-19-14-12-18(13-15-19)21-24-22(23-16-17-8-4-2-5-9-17)26(25-21)30(27,28)20-10-6-3-7-11-20/h2-15H,16H2,1H3,(H,23,24,25).